The quantitative estimate of drug-likeness (QED) is 0.478. The van der Waals surface area contributed by atoms with E-state index in [1.165, 1.54) is 6.42 Å². The molecule has 122 valence electrons. The number of Topliss-reactive ketones (excluding diaryl/α,β-unsaturated/α-hetero) is 1. The lowest BCUT2D eigenvalue weighted by atomic mass is 9.99. The fourth-order valence-corrected chi connectivity index (χ4v) is 2.84. The molecule has 1 saturated heterocycles. The summed E-state index contributed by atoms with van der Waals surface area (Å²) in [7, 11) is 0. The van der Waals surface area contributed by atoms with Crippen LogP contribution in [0.2, 0.25) is 0 Å². The fraction of sp³-hybridized carbons (Fsp3) is 0.400. The molecule has 3 heteroatoms. The molecule has 1 atom stereocenters. The number of hydrogen-bond acceptors (Lipinski definition) is 2. The molecule has 1 aliphatic heterocycles. The van der Waals surface area contributed by atoms with Crippen LogP contribution in [0.5, 0.6) is 0 Å². The highest BCUT2D eigenvalue weighted by Crippen LogP contribution is 2.17. The molecule has 1 unspecified atom stereocenters. The number of carbonyl (C=O) groups is 2. The summed E-state index contributed by atoms with van der Waals surface area (Å²) in [5.41, 5.74) is 1.98. The van der Waals surface area contributed by atoms with E-state index in [2.05, 4.69) is 6.92 Å². The highest BCUT2D eigenvalue weighted by Gasteiger charge is 2.21. The summed E-state index contributed by atoms with van der Waals surface area (Å²) in [4.78, 5) is 26.6. The van der Waals surface area contributed by atoms with E-state index in [0.29, 0.717) is 22.6 Å². The van der Waals surface area contributed by atoms with Gasteiger partial charge in [0.1, 0.15) is 0 Å². The smallest absolute Gasteiger partial charge is 0.249 e. The predicted molar refractivity (Wildman–Crippen MR) is 93.3 cm³/mol. The lowest BCUT2D eigenvalue weighted by Crippen LogP contribution is -2.39. The first-order valence-electron chi connectivity index (χ1n) is 8.23. The Balaban J connectivity index is 2.05. The summed E-state index contributed by atoms with van der Waals surface area (Å²) in [5.74, 6) is 0.638. The van der Waals surface area contributed by atoms with Crippen LogP contribution in [0.25, 0.3) is 0 Å². The van der Waals surface area contributed by atoms with Gasteiger partial charge in [0.2, 0.25) is 5.91 Å². The van der Waals surface area contributed by atoms with Crippen molar-refractivity contribution in [1.82, 2.24) is 4.90 Å². The Labute approximate surface area is 138 Å². The number of allylic oxidation sites excluding steroid dienone is 3. The van der Waals surface area contributed by atoms with Crippen molar-refractivity contribution in [1.29, 1.82) is 0 Å². The molecule has 1 aliphatic rings. The molecule has 2 rings (SSSR count). The van der Waals surface area contributed by atoms with Crippen molar-refractivity contribution in [3.05, 3.63) is 59.2 Å². The van der Waals surface area contributed by atoms with Crippen LogP contribution in [0.15, 0.2) is 53.6 Å². The molecular weight excluding hydrogens is 286 g/mol. The van der Waals surface area contributed by atoms with Crippen LogP contribution in [0.1, 0.15) is 44.0 Å². The molecule has 23 heavy (non-hydrogen) atoms. The van der Waals surface area contributed by atoms with Crippen molar-refractivity contribution in [2.24, 2.45) is 5.92 Å². The predicted octanol–water partition coefficient (Wildman–Crippen LogP) is 4.02. The van der Waals surface area contributed by atoms with E-state index in [1.54, 1.807) is 31.2 Å². The SMILES string of the molecule is CC(=CC=C(C)C(=O)N1CCCC(C)C1)C(=O)c1ccccc1. The van der Waals surface area contributed by atoms with E-state index in [1.807, 2.05) is 30.0 Å². The van der Waals surface area contributed by atoms with Crippen LogP contribution in [0.3, 0.4) is 0 Å². The number of ketones is 1. The van der Waals surface area contributed by atoms with Crippen molar-refractivity contribution in [2.75, 3.05) is 13.1 Å². The molecule has 0 bridgehead atoms. The molecule has 1 heterocycles. The summed E-state index contributed by atoms with van der Waals surface area (Å²) in [6.45, 7) is 7.45. The van der Waals surface area contributed by atoms with Gasteiger partial charge in [0.15, 0.2) is 5.78 Å². The fourth-order valence-electron chi connectivity index (χ4n) is 2.84. The van der Waals surface area contributed by atoms with Gasteiger partial charge in [0, 0.05) is 24.2 Å². The first-order chi connectivity index (χ1) is 11.0. The number of benzene rings is 1. The summed E-state index contributed by atoms with van der Waals surface area (Å²) in [6, 6.07) is 9.19. The summed E-state index contributed by atoms with van der Waals surface area (Å²) >= 11 is 0. The highest BCUT2D eigenvalue weighted by molar-refractivity contribution is 6.08. The molecule has 1 fully saturated rings. The van der Waals surface area contributed by atoms with Crippen molar-refractivity contribution in [3.63, 3.8) is 0 Å². The van der Waals surface area contributed by atoms with Gasteiger partial charge < -0.3 is 4.90 Å². The van der Waals surface area contributed by atoms with Gasteiger partial charge in [-0.1, -0.05) is 49.4 Å². The van der Waals surface area contributed by atoms with Gasteiger partial charge in [-0.3, -0.25) is 9.59 Å². The normalized spacial score (nSPS) is 19.6. The summed E-state index contributed by atoms with van der Waals surface area (Å²) in [6.07, 6.45) is 5.77. The molecule has 1 aromatic rings. The number of piperidine rings is 1. The molecule has 0 N–H and O–H groups in total. The van der Waals surface area contributed by atoms with Crippen LogP contribution >= 0.6 is 0 Å². The second-order valence-electron chi connectivity index (χ2n) is 6.39. The third-order valence-corrected chi connectivity index (χ3v) is 4.26. The maximum absolute atomic E-state index is 12.4. The molecule has 3 nitrogen and oxygen atoms in total. The van der Waals surface area contributed by atoms with Crippen LogP contribution in [-0.4, -0.2) is 29.7 Å². The number of likely N-dealkylation sites (tertiary alicyclic amines) is 1. The molecule has 1 amide bonds. The van der Waals surface area contributed by atoms with E-state index in [4.69, 9.17) is 0 Å². The van der Waals surface area contributed by atoms with Gasteiger partial charge in [0.25, 0.3) is 0 Å². The van der Waals surface area contributed by atoms with E-state index in [-0.39, 0.29) is 11.7 Å². The van der Waals surface area contributed by atoms with Crippen LogP contribution in [0.4, 0.5) is 0 Å². The monoisotopic (exact) mass is 311 g/mol. The molecule has 1 aromatic carbocycles. The van der Waals surface area contributed by atoms with E-state index >= 15 is 0 Å². The van der Waals surface area contributed by atoms with Crippen molar-refractivity contribution >= 4 is 11.7 Å². The van der Waals surface area contributed by atoms with Gasteiger partial charge in [-0.05, 0) is 38.2 Å². The topological polar surface area (TPSA) is 37.4 Å². The Hall–Kier alpha value is -2.16. The Morgan fingerprint density at radius 2 is 1.74 bits per heavy atom. The van der Waals surface area contributed by atoms with E-state index in [0.717, 1.165) is 19.5 Å². The van der Waals surface area contributed by atoms with E-state index < -0.39 is 0 Å². The second-order valence-corrected chi connectivity index (χ2v) is 6.39. The largest absolute Gasteiger partial charge is 0.339 e. The average Bonchev–Trinajstić information content (AvgIpc) is 2.58. The zero-order chi connectivity index (χ0) is 16.8. The van der Waals surface area contributed by atoms with Gasteiger partial charge in [-0.25, -0.2) is 0 Å². The zero-order valence-electron chi connectivity index (χ0n) is 14.2. The molecular formula is C20H25NO2. The zero-order valence-corrected chi connectivity index (χ0v) is 14.2. The molecule has 0 aliphatic carbocycles. The maximum atomic E-state index is 12.4. The van der Waals surface area contributed by atoms with Crippen molar-refractivity contribution < 1.29 is 9.59 Å². The average molecular weight is 311 g/mol. The number of rotatable bonds is 4. The first-order valence-corrected chi connectivity index (χ1v) is 8.23. The minimum atomic E-state index is -0.00584. The van der Waals surface area contributed by atoms with Crippen LogP contribution < -0.4 is 0 Å². The molecule has 0 radical (unpaired) electrons. The van der Waals surface area contributed by atoms with Crippen LogP contribution in [0, 0.1) is 5.92 Å². The second kappa shape index (κ2) is 7.91. The van der Waals surface area contributed by atoms with Gasteiger partial charge in [0.05, 0.1) is 0 Å². The van der Waals surface area contributed by atoms with Crippen molar-refractivity contribution in [3.8, 4) is 0 Å². The number of hydrogen-bond donors (Lipinski definition) is 0. The Kier molecular flexibility index (Phi) is 5.91. The highest BCUT2D eigenvalue weighted by atomic mass is 16.2. The lowest BCUT2D eigenvalue weighted by Gasteiger charge is -2.31. The number of carbonyl (C=O) groups excluding carboxylic acids is 2. The molecule has 0 saturated carbocycles. The summed E-state index contributed by atoms with van der Waals surface area (Å²) in [5, 5.41) is 0. The van der Waals surface area contributed by atoms with E-state index in [9.17, 15) is 9.59 Å². The van der Waals surface area contributed by atoms with Gasteiger partial charge >= 0.3 is 0 Å². The van der Waals surface area contributed by atoms with Crippen LogP contribution in [-0.2, 0) is 4.79 Å². The molecule has 0 spiro atoms. The minimum absolute atomic E-state index is 0.00584. The third kappa shape index (κ3) is 4.65. The standard InChI is InChI=1S/C20H25NO2/c1-15-8-7-13-21(14-15)20(23)17(3)12-11-16(2)19(22)18-9-5-4-6-10-18/h4-6,9-12,15H,7-8,13-14H2,1-3H3. The minimum Gasteiger partial charge on any atom is -0.339 e. The third-order valence-electron chi connectivity index (χ3n) is 4.26. The Morgan fingerprint density at radius 1 is 1.09 bits per heavy atom. The first kappa shape index (κ1) is 17.2. The number of nitrogens with zero attached hydrogens (tertiary/aromatic N) is 1. The number of amides is 1. The van der Waals surface area contributed by atoms with Gasteiger partial charge in [-0.15, -0.1) is 0 Å². The van der Waals surface area contributed by atoms with Crippen molar-refractivity contribution in [2.45, 2.75) is 33.6 Å². The summed E-state index contributed by atoms with van der Waals surface area (Å²) < 4.78 is 0. The Morgan fingerprint density at radius 3 is 2.39 bits per heavy atom. The van der Waals surface area contributed by atoms with Gasteiger partial charge in [-0.2, -0.15) is 0 Å². The molecule has 0 aromatic heterocycles. The Bertz CT molecular complexity index is 628. The lowest BCUT2D eigenvalue weighted by molar-refractivity contribution is -0.128. The maximum Gasteiger partial charge on any atom is 0.249 e.